The fourth-order valence-electron chi connectivity index (χ4n) is 3.88. The van der Waals surface area contributed by atoms with E-state index in [4.69, 9.17) is 4.42 Å². The zero-order valence-electron chi connectivity index (χ0n) is 15.6. The lowest BCUT2D eigenvalue weighted by atomic mass is 9.98. The van der Waals surface area contributed by atoms with Crippen molar-refractivity contribution in [2.45, 2.75) is 13.0 Å². The molecular weight excluding hydrogens is 430 g/mol. The lowest BCUT2D eigenvalue weighted by molar-refractivity contribution is 0.0971. The normalized spacial score (nSPS) is 15.7. The average Bonchev–Trinajstić information content (AvgIpc) is 3.02. The van der Waals surface area contributed by atoms with Gasteiger partial charge >= 0.3 is 0 Å². The van der Waals surface area contributed by atoms with Crippen LogP contribution in [-0.2, 0) is 0 Å². The van der Waals surface area contributed by atoms with E-state index in [9.17, 15) is 9.59 Å². The van der Waals surface area contributed by atoms with Crippen molar-refractivity contribution >= 4 is 38.5 Å². The summed E-state index contributed by atoms with van der Waals surface area (Å²) in [5.74, 6) is -0.198. The van der Waals surface area contributed by atoms with Crippen LogP contribution in [0.15, 0.2) is 86.5 Å². The first-order valence-corrected chi connectivity index (χ1v) is 10.1. The molecule has 3 aromatic carbocycles. The van der Waals surface area contributed by atoms with Crippen molar-refractivity contribution in [1.29, 1.82) is 0 Å². The maximum atomic E-state index is 13.4. The number of amides is 1. The summed E-state index contributed by atoms with van der Waals surface area (Å²) >= 11 is 3.50. The van der Waals surface area contributed by atoms with Crippen LogP contribution in [-0.4, -0.2) is 5.91 Å². The molecule has 1 atom stereocenters. The van der Waals surface area contributed by atoms with Crippen molar-refractivity contribution in [3.05, 3.63) is 110 Å². The van der Waals surface area contributed by atoms with Gasteiger partial charge in [0.2, 0.25) is 5.76 Å². The van der Waals surface area contributed by atoms with Gasteiger partial charge < -0.3 is 4.42 Å². The van der Waals surface area contributed by atoms with E-state index < -0.39 is 6.04 Å². The van der Waals surface area contributed by atoms with E-state index in [1.165, 1.54) is 0 Å². The Labute approximate surface area is 175 Å². The summed E-state index contributed by atoms with van der Waals surface area (Å²) in [7, 11) is 0. The minimum absolute atomic E-state index is 0.110. The number of carbonyl (C=O) groups is 1. The van der Waals surface area contributed by atoms with Crippen LogP contribution in [0.25, 0.3) is 11.0 Å². The van der Waals surface area contributed by atoms with Crippen LogP contribution in [0.4, 0.5) is 5.69 Å². The summed E-state index contributed by atoms with van der Waals surface area (Å²) < 4.78 is 6.83. The van der Waals surface area contributed by atoms with E-state index >= 15 is 0 Å². The predicted molar refractivity (Wildman–Crippen MR) is 116 cm³/mol. The summed E-state index contributed by atoms with van der Waals surface area (Å²) in [6.07, 6.45) is 0. The van der Waals surface area contributed by atoms with Crippen molar-refractivity contribution in [3.8, 4) is 0 Å². The predicted octanol–water partition coefficient (Wildman–Crippen LogP) is 5.61. The van der Waals surface area contributed by atoms with Crippen molar-refractivity contribution in [3.63, 3.8) is 0 Å². The maximum Gasteiger partial charge on any atom is 0.295 e. The van der Waals surface area contributed by atoms with Gasteiger partial charge in [-0.05, 0) is 48.9 Å². The summed E-state index contributed by atoms with van der Waals surface area (Å²) in [5.41, 5.74) is 3.29. The van der Waals surface area contributed by atoms with Crippen LogP contribution in [0.2, 0.25) is 0 Å². The fraction of sp³-hybridized carbons (Fsp3) is 0.0833. The Balaban J connectivity index is 1.82. The Hall–Kier alpha value is -3.18. The van der Waals surface area contributed by atoms with Gasteiger partial charge in [0, 0.05) is 10.2 Å². The van der Waals surface area contributed by atoms with E-state index in [1.807, 2.05) is 55.5 Å². The number of anilines is 1. The maximum absolute atomic E-state index is 13.4. The molecule has 0 radical (unpaired) electrons. The summed E-state index contributed by atoms with van der Waals surface area (Å²) in [5, 5.41) is 0.477. The van der Waals surface area contributed by atoms with Crippen LogP contribution in [0.5, 0.6) is 0 Å². The molecule has 2 heterocycles. The second kappa shape index (κ2) is 6.71. The molecule has 0 fully saturated rings. The first-order valence-electron chi connectivity index (χ1n) is 9.26. The molecule has 0 saturated carbocycles. The summed E-state index contributed by atoms with van der Waals surface area (Å²) in [6.45, 7) is 1.99. The molecule has 1 aromatic heterocycles. The van der Waals surface area contributed by atoms with E-state index in [0.29, 0.717) is 16.5 Å². The Bertz CT molecular complexity index is 1320. The molecule has 5 heteroatoms. The number of hydrogen-bond acceptors (Lipinski definition) is 3. The number of para-hydroxylation sites is 1. The number of rotatable bonds is 2. The molecule has 0 spiro atoms. The number of nitrogens with zero attached hydrogens (tertiary/aromatic N) is 1. The second-order valence-corrected chi connectivity index (χ2v) is 8.05. The van der Waals surface area contributed by atoms with Gasteiger partial charge in [-0.1, -0.05) is 57.9 Å². The van der Waals surface area contributed by atoms with E-state index in [2.05, 4.69) is 15.9 Å². The third-order valence-corrected chi connectivity index (χ3v) is 5.75. The molecule has 5 rings (SSSR count). The van der Waals surface area contributed by atoms with Gasteiger partial charge in [-0.3, -0.25) is 14.5 Å². The highest BCUT2D eigenvalue weighted by molar-refractivity contribution is 9.10. The number of halogens is 1. The van der Waals surface area contributed by atoms with Gasteiger partial charge in [0.15, 0.2) is 5.43 Å². The Kier molecular flexibility index (Phi) is 4.14. The molecular formula is C24H16BrNO3. The molecule has 1 aliphatic heterocycles. The molecule has 0 N–H and O–H groups in total. The van der Waals surface area contributed by atoms with Gasteiger partial charge in [0.05, 0.1) is 17.0 Å². The first-order chi connectivity index (χ1) is 14.0. The van der Waals surface area contributed by atoms with Gasteiger partial charge in [-0.15, -0.1) is 0 Å². The SMILES string of the molecule is Cc1ccc(N2C(=O)c3oc4ccccc4c(=O)c3C2c2cccc(Br)c2)cc1. The van der Waals surface area contributed by atoms with Gasteiger partial charge in [-0.25, -0.2) is 0 Å². The summed E-state index contributed by atoms with van der Waals surface area (Å²) in [6, 6.07) is 21.9. The molecule has 4 nitrogen and oxygen atoms in total. The Morgan fingerprint density at radius 2 is 1.69 bits per heavy atom. The molecule has 1 aliphatic rings. The molecule has 142 valence electrons. The number of hydrogen-bond donors (Lipinski definition) is 0. The van der Waals surface area contributed by atoms with E-state index in [-0.39, 0.29) is 17.1 Å². The minimum atomic E-state index is -0.557. The monoisotopic (exact) mass is 445 g/mol. The van der Waals surface area contributed by atoms with Crippen LogP contribution in [0.3, 0.4) is 0 Å². The minimum Gasteiger partial charge on any atom is -0.450 e. The zero-order chi connectivity index (χ0) is 20.1. The molecule has 4 aromatic rings. The molecule has 29 heavy (non-hydrogen) atoms. The largest absolute Gasteiger partial charge is 0.450 e. The molecule has 0 bridgehead atoms. The zero-order valence-corrected chi connectivity index (χ0v) is 17.1. The van der Waals surface area contributed by atoms with Crippen LogP contribution < -0.4 is 10.3 Å². The Morgan fingerprint density at radius 1 is 0.931 bits per heavy atom. The van der Waals surface area contributed by atoms with Crippen LogP contribution >= 0.6 is 15.9 Å². The van der Waals surface area contributed by atoms with Crippen LogP contribution in [0, 0.1) is 6.92 Å². The summed E-state index contributed by atoms with van der Waals surface area (Å²) in [4.78, 5) is 28.5. The van der Waals surface area contributed by atoms with E-state index in [0.717, 1.165) is 21.3 Å². The smallest absolute Gasteiger partial charge is 0.295 e. The third-order valence-electron chi connectivity index (χ3n) is 5.25. The number of aryl methyl sites for hydroxylation is 1. The molecule has 0 aliphatic carbocycles. The molecule has 1 unspecified atom stereocenters. The lowest BCUT2D eigenvalue weighted by Crippen LogP contribution is -2.29. The first kappa shape index (κ1) is 17.9. The quantitative estimate of drug-likeness (QED) is 0.402. The number of carbonyl (C=O) groups excluding carboxylic acids is 1. The van der Waals surface area contributed by atoms with Crippen LogP contribution in [0.1, 0.15) is 33.3 Å². The highest BCUT2D eigenvalue weighted by Gasteiger charge is 2.43. The Morgan fingerprint density at radius 3 is 2.45 bits per heavy atom. The van der Waals surface area contributed by atoms with Gasteiger partial charge in [0.1, 0.15) is 5.58 Å². The van der Waals surface area contributed by atoms with Gasteiger partial charge in [-0.2, -0.15) is 0 Å². The lowest BCUT2D eigenvalue weighted by Gasteiger charge is -2.25. The van der Waals surface area contributed by atoms with Crippen molar-refractivity contribution < 1.29 is 9.21 Å². The standard InChI is InChI=1S/C24H16BrNO3/c1-14-9-11-17(12-10-14)26-21(15-5-4-6-16(25)13-15)20-22(27)18-7-2-3-8-19(18)29-23(20)24(26)28/h2-13,21H,1H3. The fourth-order valence-corrected chi connectivity index (χ4v) is 4.30. The highest BCUT2D eigenvalue weighted by Crippen LogP contribution is 2.41. The highest BCUT2D eigenvalue weighted by atomic mass is 79.9. The second-order valence-electron chi connectivity index (χ2n) is 7.14. The van der Waals surface area contributed by atoms with E-state index in [1.54, 1.807) is 29.2 Å². The van der Waals surface area contributed by atoms with Gasteiger partial charge in [0.25, 0.3) is 5.91 Å². The average molecular weight is 446 g/mol. The topological polar surface area (TPSA) is 50.5 Å². The molecule has 0 saturated heterocycles. The number of benzene rings is 3. The molecule has 1 amide bonds. The van der Waals surface area contributed by atoms with Crippen molar-refractivity contribution in [1.82, 2.24) is 0 Å². The van der Waals surface area contributed by atoms with Crippen molar-refractivity contribution in [2.24, 2.45) is 0 Å². The third kappa shape index (κ3) is 2.81. The number of fused-ring (bicyclic) bond motifs is 2. The van der Waals surface area contributed by atoms with Crippen molar-refractivity contribution in [2.75, 3.05) is 4.90 Å².